The number of nitrogens with one attached hydrogen (secondary N) is 1. The summed E-state index contributed by atoms with van der Waals surface area (Å²) in [5.74, 6) is 0. The minimum Gasteiger partial charge on any atom is -0.312 e. The van der Waals surface area contributed by atoms with Crippen LogP contribution in [0.4, 0.5) is 0 Å². The van der Waals surface area contributed by atoms with E-state index in [9.17, 15) is 0 Å². The van der Waals surface area contributed by atoms with Crippen LogP contribution >= 0.6 is 0 Å². The Morgan fingerprint density at radius 1 is 0.800 bits per heavy atom. The summed E-state index contributed by atoms with van der Waals surface area (Å²) in [6.45, 7) is 1.97. The van der Waals surface area contributed by atoms with Gasteiger partial charge in [-0.25, -0.2) is 19.9 Å². The van der Waals surface area contributed by atoms with Gasteiger partial charge >= 0.3 is 0 Å². The van der Waals surface area contributed by atoms with E-state index in [-0.39, 0.29) is 0 Å². The standard InChI is InChI=1S/C8H10N2.C7H9N3/c1-2-4-8-7(3-1)5-9-6-10-8;1-2-8-3-6-4-9-5-10-7(1)6/h5-6H,1-4H2;4-5,8H,1-3H2. The zero-order valence-corrected chi connectivity index (χ0v) is 11.5. The van der Waals surface area contributed by atoms with Gasteiger partial charge in [-0.05, 0) is 31.2 Å². The van der Waals surface area contributed by atoms with E-state index in [0.717, 1.165) is 25.9 Å². The zero-order chi connectivity index (χ0) is 13.6. The van der Waals surface area contributed by atoms with Gasteiger partial charge in [0.2, 0.25) is 0 Å². The topological polar surface area (TPSA) is 63.6 Å². The first-order valence-corrected chi connectivity index (χ1v) is 7.20. The maximum atomic E-state index is 4.21. The lowest BCUT2D eigenvalue weighted by atomic mass is 9.98. The van der Waals surface area contributed by atoms with Gasteiger partial charge in [-0.1, -0.05) is 0 Å². The zero-order valence-electron chi connectivity index (χ0n) is 11.5. The number of hydrogen-bond acceptors (Lipinski definition) is 5. The van der Waals surface area contributed by atoms with Crippen LogP contribution in [0.15, 0.2) is 25.0 Å². The molecule has 20 heavy (non-hydrogen) atoms. The van der Waals surface area contributed by atoms with Gasteiger partial charge in [0.05, 0.1) is 0 Å². The lowest BCUT2D eigenvalue weighted by Crippen LogP contribution is -2.24. The van der Waals surface area contributed by atoms with Gasteiger partial charge in [0, 0.05) is 48.9 Å². The Hall–Kier alpha value is -1.88. The molecule has 1 aliphatic heterocycles. The first kappa shape index (κ1) is 13.1. The average Bonchev–Trinajstić information content (AvgIpc) is 2.56. The van der Waals surface area contributed by atoms with Gasteiger partial charge < -0.3 is 5.32 Å². The fourth-order valence-electron chi connectivity index (χ4n) is 2.61. The Balaban J connectivity index is 0.000000121. The average molecular weight is 269 g/mol. The van der Waals surface area contributed by atoms with Crippen molar-refractivity contribution in [1.29, 1.82) is 0 Å². The molecular weight excluding hydrogens is 250 g/mol. The van der Waals surface area contributed by atoms with Crippen molar-refractivity contribution in [2.24, 2.45) is 0 Å². The van der Waals surface area contributed by atoms with Gasteiger partial charge in [0.1, 0.15) is 12.7 Å². The van der Waals surface area contributed by atoms with Crippen molar-refractivity contribution >= 4 is 0 Å². The second kappa shape index (κ2) is 6.52. The van der Waals surface area contributed by atoms with Crippen LogP contribution < -0.4 is 5.32 Å². The normalized spacial score (nSPS) is 16.4. The van der Waals surface area contributed by atoms with Crippen LogP contribution in [0, 0.1) is 0 Å². The molecule has 3 heterocycles. The van der Waals surface area contributed by atoms with E-state index < -0.39 is 0 Å². The molecule has 0 saturated carbocycles. The fraction of sp³-hybridized carbons (Fsp3) is 0.467. The number of nitrogens with zero attached hydrogens (tertiary/aromatic N) is 4. The molecular formula is C15H19N5. The smallest absolute Gasteiger partial charge is 0.115 e. The molecule has 4 rings (SSSR count). The van der Waals surface area contributed by atoms with E-state index in [2.05, 4.69) is 25.3 Å². The molecule has 5 heteroatoms. The van der Waals surface area contributed by atoms with Crippen molar-refractivity contribution in [3.63, 3.8) is 0 Å². The van der Waals surface area contributed by atoms with Crippen molar-refractivity contribution in [2.45, 2.75) is 38.6 Å². The highest BCUT2D eigenvalue weighted by Gasteiger charge is 2.08. The van der Waals surface area contributed by atoms with Crippen molar-refractivity contribution in [2.75, 3.05) is 6.54 Å². The first-order chi connectivity index (χ1) is 9.93. The van der Waals surface area contributed by atoms with Crippen LogP contribution in [0.3, 0.4) is 0 Å². The highest BCUT2D eigenvalue weighted by Crippen LogP contribution is 2.16. The third-order valence-corrected chi connectivity index (χ3v) is 3.73. The second-order valence-electron chi connectivity index (χ2n) is 5.12. The number of rotatable bonds is 0. The summed E-state index contributed by atoms with van der Waals surface area (Å²) in [5.41, 5.74) is 5.07. The molecule has 5 nitrogen and oxygen atoms in total. The molecule has 2 aromatic rings. The molecule has 0 fully saturated rings. The number of aryl methyl sites for hydroxylation is 2. The summed E-state index contributed by atoms with van der Waals surface area (Å²) in [6.07, 6.45) is 13.1. The van der Waals surface area contributed by atoms with Crippen molar-refractivity contribution in [3.05, 3.63) is 47.6 Å². The Labute approximate surface area is 118 Å². The van der Waals surface area contributed by atoms with Crippen LogP contribution in [0.25, 0.3) is 0 Å². The van der Waals surface area contributed by atoms with Crippen LogP contribution in [-0.4, -0.2) is 26.5 Å². The highest BCUT2D eigenvalue weighted by molar-refractivity contribution is 5.18. The molecule has 0 radical (unpaired) electrons. The molecule has 0 bridgehead atoms. The first-order valence-electron chi connectivity index (χ1n) is 7.20. The molecule has 0 spiro atoms. The van der Waals surface area contributed by atoms with Gasteiger partial charge in [0.15, 0.2) is 0 Å². The van der Waals surface area contributed by atoms with E-state index in [1.54, 1.807) is 12.7 Å². The third kappa shape index (κ3) is 3.17. The molecule has 104 valence electrons. The number of fused-ring (bicyclic) bond motifs is 2. The summed E-state index contributed by atoms with van der Waals surface area (Å²) < 4.78 is 0. The van der Waals surface area contributed by atoms with Gasteiger partial charge in [-0.15, -0.1) is 0 Å². The minimum atomic E-state index is 0.927. The lowest BCUT2D eigenvalue weighted by Gasteiger charge is -2.13. The summed E-state index contributed by atoms with van der Waals surface area (Å²) in [5, 5.41) is 3.26. The predicted octanol–water partition coefficient (Wildman–Crippen LogP) is 1.48. The SMILES string of the molecule is c1ncc2c(n1)CCCC2.c1ncc2c(n1)CCNC2. The van der Waals surface area contributed by atoms with Crippen molar-refractivity contribution in [1.82, 2.24) is 25.3 Å². The molecule has 0 atom stereocenters. The molecule has 1 N–H and O–H groups in total. The third-order valence-electron chi connectivity index (χ3n) is 3.73. The molecule has 2 aromatic heterocycles. The largest absolute Gasteiger partial charge is 0.312 e. The second-order valence-corrected chi connectivity index (χ2v) is 5.12. The van der Waals surface area contributed by atoms with Crippen LogP contribution in [0.2, 0.25) is 0 Å². The maximum Gasteiger partial charge on any atom is 0.115 e. The molecule has 1 aliphatic carbocycles. The summed E-state index contributed by atoms with van der Waals surface area (Å²) >= 11 is 0. The molecule has 0 amide bonds. The van der Waals surface area contributed by atoms with Crippen LogP contribution in [0.1, 0.15) is 35.4 Å². The monoisotopic (exact) mass is 269 g/mol. The Morgan fingerprint density at radius 3 is 2.25 bits per heavy atom. The quantitative estimate of drug-likeness (QED) is 0.785. The number of aromatic nitrogens is 4. The van der Waals surface area contributed by atoms with Gasteiger partial charge in [-0.3, -0.25) is 0 Å². The minimum absolute atomic E-state index is 0.927. The molecule has 0 saturated heterocycles. The van der Waals surface area contributed by atoms with Crippen LogP contribution in [-0.2, 0) is 25.8 Å². The predicted molar refractivity (Wildman–Crippen MR) is 76.1 cm³/mol. The van der Waals surface area contributed by atoms with Crippen LogP contribution in [0.5, 0.6) is 0 Å². The Kier molecular flexibility index (Phi) is 4.28. The highest BCUT2D eigenvalue weighted by atomic mass is 14.9. The van der Waals surface area contributed by atoms with E-state index in [4.69, 9.17) is 0 Å². The summed E-state index contributed by atoms with van der Waals surface area (Å²) in [6, 6.07) is 0. The lowest BCUT2D eigenvalue weighted by molar-refractivity contribution is 0.625. The van der Waals surface area contributed by atoms with Gasteiger partial charge in [-0.2, -0.15) is 0 Å². The van der Waals surface area contributed by atoms with E-state index in [1.807, 2.05) is 12.4 Å². The fourth-order valence-corrected chi connectivity index (χ4v) is 2.61. The van der Waals surface area contributed by atoms with Crippen molar-refractivity contribution < 1.29 is 0 Å². The molecule has 0 unspecified atom stereocenters. The van der Waals surface area contributed by atoms with Crippen molar-refractivity contribution in [3.8, 4) is 0 Å². The van der Waals surface area contributed by atoms with Gasteiger partial charge in [0.25, 0.3) is 0 Å². The van der Waals surface area contributed by atoms with E-state index >= 15 is 0 Å². The van der Waals surface area contributed by atoms with E-state index in [1.165, 1.54) is 41.8 Å². The number of hydrogen-bond donors (Lipinski definition) is 1. The Morgan fingerprint density at radius 2 is 1.50 bits per heavy atom. The Bertz CT molecular complexity index is 468. The summed E-state index contributed by atoms with van der Waals surface area (Å²) in [7, 11) is 0. The molecule has 0 aromatic carbocycles. The summed E-state index contributed by atoms with van der Waals surface area (Å²) in [4.78, 5) is 16.3. The molecule has 2 aliphatic rings. The maximum absolute atomic E-state index is 4.21. The van der Waals surface area contributed by atoms with E-state index in [0.29, 0.717) is 0 Å².